The highest BCUT2D eigenvalue weighted by atomic mass is 16.5. The van der Waals surface area contributed by atoms with Gasteiger partial charge in [-0.2, -0.15) is 0 Å². The van der Waals surface area contributed by atoms with Crippen LogP contribution in [-0.4, -0.2) is 33.7 Å². The number of methoxy groups -OCH3 is 1. The normalized spacial score (nSPS) is 10.9. The number of rotatable bonds is 5. The van der Waals surface area contributed by atoms with E-state index in [-0.39, 0.29) is 6.42 Å². The number of anilines is 1. The summed E-state index contributed by atoms with van der Waals surface area (Å²) in [6.07, 6.45) is 1.36. The monoisotopic (exact) mass is 225 g/mol. The van der Waals surface area contributed by atoms with Gasteiger partial charge in [-0.15, -0.1) is 0 Å². The Labute approximate surface area is 93.7 Å². The van der Waals surface area contributed by atoms with Gasteiger partial charge < -0.3 is 15.2 Å². The molecule has 0 amide bonds. The minimum absolute atomic E-state index is 0.000676. The van der Waals surface area contributed by atoms with Crippen molar-refractivity contribution in [1.29, 1.82) is 0 Å². The van der Waals surface area contributed by atoms with Gasteiger partial charge in [0.05, 0.1) is 13.5 Å². The number of hydrogen-bond acceptors (Lipinski definition) is 5. The van der Waals surface area contributed by atoms with Crippen molar-refractivity contribution in [3.05, 3.63) is 12.4 Å². The second kappa shape index (κ2) is 4.78. The average molecular weight is 225 g/mol. The van der Waals surface area contributed by atoms with E-state index >= 15 is 0 Å². The first-order valence-corrected chi connectivity index (χ1v) is 4.79. The SMILES string of the molecule is COc1cc(NC(C)(C)CC(=O)O)ncn1. The summed E-state index contributed by atoms with van der Waals surface area (Å²) < 4.78 is 4.94. The maximum Gasteiger partial charge on any atom is 0.305 e. The molecular formula is C10H15N3O3. The minimum Gasteiger partial charge on any atom is -0.481 e. The molecule has 0 fully saturated rings. The minimum atomic E-state index is -0.862. The fourth-order valence-corrected chi connectivity index (χ4v) is 1.29. The van der Waals surface area contributed by atoms with Gasteiger partial charge in [0.25, 0.3) is 0 Å². The molecule has 1 rings (SSSR count). The molecule has 88 valence electrons. The van der Waals surface area contributed by atoms with Gasteiger partial charge in [0.1, 0.15) is 12.1 Å². The summed E-state index contributed by atoms with van der Waals surface area (Å²) in [6.45, 7) is 3.57. The molecule has 0 saturated carbocycles. The van der Waals surface area contributed by atoms with Crippen LogP contribution in [0.5, 0.6) is 5.88 Å². The summed E-state index contributed by atoms with van der Waals surface area (Å²) in [4.78, 5) is 18.5. The fourth-order valence-electron chi connectivity index (χ4n) is 1.29. The smallest absolute Gasteiger partial charge is 0.305 e. The molecule has 0 aliphatic carbocycles. The number of carboxylic acid groups (broad SMARTS) is 1. The second-order valence-corrected chi connectivity index (χ2v) is 4.03. The molecule has 1 heterocycles. The van der Waals surface area contributed by atoms with Crippen molar-refractivity contribution < 1.29 is 14.6 Å². The van der Waals surface area contributed by atoms with E-state index in [0.29, 0.717) is 11.7 Å². The van der Waals surface area contributed by atoms with Crippen molar-refractivity contribution in [2.75, 3.05) is 12.4 Å². The molecule has 1 aromatic heterocycles. The molecule has 0 aliphatic heterocycles. The van der Waals surface area contributed by atoms with E-state index in [1.807, 2.05) is 0 Å². The highest BCUT2D eigenvalue weighted by molar-refractivity contribution is 5.69. The van der Waals surface area contributed by atoms with Gasteiger partial charge in [0.2, 0.25) is 5.88 Å². The van der Waals surface area contributed by atoms with E-state index in [4.69, 9.17) is 9.84 Å². The number of ether oxygens (including phenoxy) is 1. The third-order valence-corrected chi connectivity index (χ3v) is 1.91. The van der Waals surface area contributed by atoms with Crippen molar-refractivity contribution in [3.63, 3.8) is 0 Å². The average Bonchev–Trinajstić information content (AvgIpc) is 2.15. The number of aliphatic carboxylic acids is 1. The Morgan fingerprint density at radius 2 is 2.25 bits per heavy atom. The van der Waals surface area contributed by atoms with Gasteiger partial charge in [-0.25, -0.2) is 9.97 Å². The van der Waals surface area contributed by atoms with Crippen LogP contribution >= 0.6 is 0 Å². The van der Waals surface area contributed by atoms with Crippen LogP contribution in [0.15, 0.2) is 12.4 Å². The lowest BCUT2D eigenvalue weighted by atomic mass is 10.0. The van der Waals surface area contributed by atoms with Crippen LogP contribution in [0, 0.1) is 0 Å². The van der Waals surface area contributed by atoms with Crippen molar-refractivity contribution in [1.82, 2.24) is 9.97 Å². The quantitative estimate of drug-likeness (QED) is 0.782. The Bertz CT molecular complexity index is 379. The van der Waals surface area contributed by atoms with Gasteiger partial charge in [-0.1, -0.05) is 0 Å². The van der Waals surface area contributed by atoms with Gasteiger partial charge >= 0.3 is 5.97 Å². The summed E-state index contributed by atoms with van der Waals surface area (Å²) in [5.74, 6) is 0.111. The van der Waals surface area contributed by atoms with Gasteiger partial charge in [0.15, 0.2) is 0 Å². The summed E-state index contributed by atoms with van der Waals surface area (Å²) in [5.41, 5.74) is -0.578. The zero-order valence-electron chi connectivity index (χ0n) is 9.52. The van der Waals surface area contributed by atoms with E-state index in [9.17, 15) is 4.79 Å². The molecule has 0 atom stereocenters. The lowest BCUT2D eigenvalue weighted by Crippen LogP contribution is -2.34. The first-order chi connectivity index (χ1) is 7.43. The summed E-state index contributed by atoms with van der Waals surface area (Å²) in [7, 11) is 1.51. The lowest BCUT2D eigenvalue weighted by molar-refractivity contribution is -0.137. The molecule has 1 aromatic rings. The lowest BCUT2D eigenvalue weighted by Gasteiger charge is -2.24. The van der Waals surface area contributed by atoms with E-state index in [2.05, 4.69) is 15.3 Å². The first-order valence-electron chi connectivity index (χ1n) is 4.79. The van der Waals surface area contributed by atoms with E-state index < -0.39 is 11.5 Å². The van der Waals surface area contributed by atoms with E-state index in [1.54, 1.807) is 19.9 Å². The molecule has 0 aromatic carbocycles. The third kappa shape index (κ3) is 3.72. The van der Waals surface area contributed by atoms with Crippen molar-refractivity contribution >= 4 is 11.8 Å². The number of carbonyl (C=O) groups is 1. The largest absolute Gasteiger partial charge is 0.481 e. The predicted molar refractivity (Wildman–Crippen MR) is 58.5 cm³/mol. The topological polar surface area (TPSA) is 84.3 Å². The Balaban J connectivity index is 2.75. The highest BCUT2D eigenvalue weighted by Gasteiger charge is 2.21. The Kier molecular flexibility index (Phi) is 3.65. The standard InChI is InChI=1S/C10H15N3O3/c1-10(2,5-9(14)15)13-7-4-8(16-3)12-6-11-7/h4,6H,5H2,1-3H3,(H,14,15)(H,11,12,13). The van der Waals surface area contributed by atoms with Gasteiger partial charge in [-0.05, 0) is 13.8 Å². The Hall–Kier alpha value is -1.85. The molecule has 6 heteroatoms. The summed E-state index contributed by atoms with van der Waals surface area (Å²) >= 11 is 0. The van der Waals surface area contributed by atoms with E-state index in [1.165, 1.54) is 13.4 Å². The molecule has 16 heavy (non-hydrogen) atoms. The third-order valence-electron chi connectivity index (χ3n) is 1.91. The molecule has 0 saturated heterocycles. The van der Waals surface area contributed by atoms with Crippen LogP contribution in [0.2, 0.25) is 0 Å². The number of hydrogen-bond donors (Lipinski definition) is 2. The summed E-state index contributed by atoms with van der Waals surface area (Å²) in [5, 5.41) is 11.7. The van der Waals surface area contributed by atoms with Crippen LogP contribution < -0.4 is 10.1 Å². The number of carboxylic acids is 1. The molecular weight excluding hydrogens is 210 g/mol. The maximum absolute atomic E-state index is 10.6. The summed E-state index contributed by atoms with van der Waals surface area (Å²) in [6, 6.07) is 1.61. The van der Waals surface area contributed by atoms with Crippen LogP contribution in [0.3, 0.4) is 0 Å². The molecule has 0 spiro atoms. The Morgan fingerprint density at radius 1 is 1.56 bits per heavy atom. The van der Waals surface area contributed by atoms with Crippen molar-refractivity contribution in [3.8, 4) is 5.88 Å². The van der Waals surface area contributed by atoms with Crippen LogP contribution in [0.25, 0.3) is 0 Å². The second-order valence-electron chi connectivity index (χ2n) is 4.03. The molecule has 2 N–H and O–H groups in total. The molecule has 0 aliphatic rings. The number of nitrogens with zero attached hydrogens (tertiary/aromatic N) is 2. The maximum atomic E-state index is 10.6. The number of aromatic nitrogens is 2. The van der Waals surface area contributed by atoms with Crippen LogP contribution in [0.4, 0.5) is 5.82 Å². The fraction of sp³-hybridized carbons (Fsp3) is 0.500. The first kappa shape index (κ1) is 12.2. The van der Waals surface area contributed by atoms with Gasteiger partial charge in [0, 0.05) is 11.6 Å². The van der Waals surface area contributed by atoms with Crippen LogP contribution in [0.1, 0.15) is 20.3 Å². The Morgan fingerprint density at radius 3 is 2.81 bits per heavy atom. The van der Waals surface area contributed by atoms with Crippen molar-refractivity contribution in [2.24, 2.45) is 0 Å². The van der Waals surface area contributed by atoms with E-state index in [0.717, 1.165) is 0 Å². The predicted octanol–water partition coefficient (Wildman–Crippen LogP) is 1.15. The molecule has 0 unspecified atom stereocenters. The molecule has 0 radical (unpaired) electrons. The zero-order chi connectivity index (χ0) is 12.2. The highest BCUT2D eigenvalue weighted by Crippen LogP contribution is 2.18. The zero-order valence-corrected chi connectivity index (χ0v) is 9.52. The molecule has 6 nitrogen and oxygen atoms in total. The van der Waals surface area contributed by atoms with Crippen LogP contribution in [-0.2, 0) is 4.79 Å². The van der Waals surface area contributed by atoms with Crippen molar-refractivity contribution in [2.45, 2.75) is 25.8 Å². The van der Waals surface area contributed by atoms with Gasteiger partial charge in [-0.3, -0.25) is 4.79 Å². The molecule has 0 bridgehead atoms. The number of nitrogens with one attached hydrogen (secondary N) is 1.